The largest absolute Gasteiger partial charge is 0.364 e. The topological polar surface area (TPSA) is 49.9 Å². The highest BCUT2D eigenvalue weighted by Gasteiger charge is 2.45. The summed E-state index contributed by atoms with van der Waals surface area (Å²) in [7, 11) is 0. The Balaban J connectivity index is 1.53. The summed E-state index contributed by atoms with van der Waals surface area (Å²) in [6.07, 6.45) is 0.514. The van der Waals surface area contributed by atoms with Crippen LogP contribution < -0.4 is 0 Å². The molecule has 2 unspecified atom stereocenters. The Bertz CT molecular complexity index is 922. The van der Waals surface area contributed by atoms with E-state index in [1.165, 1.54) is 0 Å². The van der Waals surface area contributed by atoms with Crippen LogP contribution in [-0.4, -0.2) is 53.3 Å². The van der Waals surface area contributed by atoms with Crippen LogP contribution in [0.2, 0.25) is 10.0 Å². The van der Waals surface area contributed by atoms with Crippen molar-refractivity contribution in [2.24, 2.45) is 0 Å². The molecule has 1 amide bonds. The van der Waals surface area contributed by atoms with Crippen molar-refractivity contribution in [1.29, 1.82) is 0 Å². The first-order valence-electron chi connectivity index (χ1n) is 10.2. The summed E-state index contributed by atoms with van der Waals surface area (Å²) in [6, 6.07) is 14.5. The van der Waals surface area contributed by atoms with Crippen LogP contribution in [0.25, 0.3) is 0 Å². The molecule has 7 heteroatoms. The number of carbonyl (C=O) groups excluding carboxylic acids is 2. The fourth-order valence-corrected chi connectivity index (χ4v) is 4.48. The minimum absolute atomic E-state index is 0.00285. The zero-order valence-electron chi connectivity index (χ0n) is 16.6. The number of ether oxygens (including phenoxy) is 1. The molecule has 0 aliphatic carbocycles. The normalized spacial score (nSPS) is 22.7. The van der Waals surface area contributed by atoms with Crippen molar-refractivity contribution in [2.45, 2.75) is 38.1 Å². The first-order valence-corrected chi connectivity index (χ1v) is 10.9. The van der Waals surface area contributed by atoms with Crippen molar-refractivity contribution in [1.82, 2.24) is 9.80 Å². The Labute approximate surface area is 186 Å². The number of rotatable bonds is 5. The van der Waals surface area contributed by atoms with Crippen molar-refractivity contribution < 1.29 is 14.3 Å². The molecule has 2 aromatic carbocycles. The molecule has 0 spiro atoms. The fraction of sp³-hybridized carbons (Fsp3) is 0.391. The van der Waals surface area contributed by atoms with E-state index in [0.717, 1.165) is 24.1 Å². The van der Waals surface area contributed by atoms with Crippen LogP contribution in [0.4, 0.5) is 0 Å². The molecule has 0 N–H and O–H groups in total. The number of carbonyl (C=O) groups is 2. The lowest BCUT2D eigenvalue weighted by Crippen LogP contribution is -2.59. The number of amides is 1. The number of hydrogen-bond acceptors (Lipinski definition) is 4. The van der Waals surface area contributed by atoms with Crippen molar-refractivity contribution in [3.8, 4) is 0 Å². The van der Waals surface area contributed by atoms with Gasteiger partial charge >= 0.3 is 0 Å². The van der Waals surface area contributed by atoms with Gasteiger partial charge in [-0.15, -0.1) is 0 Å². The minimum atomic E-state index is -0.749. The van der Waals surface area contributed by atoms with Gasteiger partial charge in [0, 0.05) is 32.6 Å². The predicted octanol–water partition coefficient (Wildman–Crippen LogP) is 3.95. The molecule has 158 valence electrons. The molecular weight excluding hydrogens is 423 g/mol. The molecule has 2 aliphatic heterocycles. The maximum Gasteiger partial charge on any atom is 0.243 e. The molecule has 0 radical (unpaired) electrons. The van der Waals surface area contributed by atoms with Crippen LogP contribution in [0.5, 0.6) is 0 Å². The second-order valence-corrected chi connectivity index (χ2v) is 8.59. The summed E-state index contributed by atoms with van der Waals surface area (Å²) in [6.45, 7) is 2.74. The maximum atomic E-state index is 13.5. The molecule has 30 heavy (non-hydrogen) atoms. The monoisotopic (exact) mass is 446 g/mol. The summed E-state index contributed by atoms with van der Waals surface area (Å²) in [5.41, 5.74) is 1.89. The smallest absolute Gasteiger partial charge is 0.243 e. The van der Waals surface area contributed by atoms with Crippen molar-refractivity contribution in [3.05, 3.63) is 69.7 Å². The highest BCUT2D eigenvalue weighted by atomic mass is 35.5. The third-order valence-electron chi connectivity index (χ3n) is 5.71. The summed E-state index contributed by atoms with van der Waals surface area (Å²) in [5, 5.41) is 0.955. The SMILES string of the molecule is O=C1CCN2CCCN(Cc3ccc(Cl)c(Cl)c3)C(=O)C2C1OCc1ccccc1. The number of fused-ring (bicyclic) bond motifs is 1. The molecule has 4 rings (SSSR count). The van der Waals surface area contributed by atoms with Gasteiger partial charge in [-0.25, -0.2) is 0 Å². The third kappa shape index (κ3) is 4.70. The van der Waals surface area contributed by atoms with E-state index in [1.54, 1.807) is 12.1 Å². The van der Waals surface area contributed by atoms with Gasteiger partial charge in [0.2, 0.25) is 5.91 Å². The number of nitrogens with zero attached hydrogens (tertiary/aromatic N) is 2. The molecule has 0 saturated carbocycles. The van der Waals surface area contributed by atoms with Gasteiger partial charge in [0.25, 0.3) is 0 Å². The molecule has 2 aromatic rings. The minimum Gasteiger partial charge on any atom is -0.364 e. The third-order valence-corrected chi connectivity index (χ3v) is 6.45. The lowest BCUT2D eigenvalue weighted by molar-refractivity contribution is -0.155. The number of ketones is 1. The number of Topliss-reactive ketones (excluding diaryl/α,β-unsaturated/α-hetero) is 1. The van der Waals surface area contributed by atoms with Crippen LogP contribution in [0.15, 0.2) is 48.5 Å². The van der Waals surface area contributed by atoms with Gasteiger partial charge in [0.1, 0.15) is 12.1 Å². The molecule has 0 bridgehead atoms. The second-order valence-electron chi connectivity index (χ2n) is 7.78. The van der Waals surface area contributed by atoms with Crippen molar-refractivity contribution >= 4 is 34.9 Å². The summed E-state index contributed by atoms with van der Waals surface area (Å²) in [5.74, 6) is -0.0680. The molecular formula is C23H24Cl2N2O3. The average Bonchev–Trinajstić information content (AvgIpc) is 2.90. The van der Waals surface area contributed by atoms with Crippen LogP contribution in [0.1, 0.15) is 24.0 Å². The molecule has 5 nitrogen and oxygen atoms in total. The summed E-state index contributed by atoms with van der Waals surface area (Å²) >= 11 is 12.2. The first kappa shape index (κ1) is 21.3. The van der Waals surface area contributed by atoms with Crippen LogP contribution >= 0.6 is 23.2 Å². The predicted molar refractivity (Wildman–Crippen MR) is 117 cm³/mol. The van der Waals surface area contributed by atoms with Crippen molar-refractivity contribution in [3.63, 3.8) is 0 Å². The number of benzene rings is 2. The average molecular weight is 447 g/mol. The van der Waals surface area contributed by atoms with E-state index in [9.17, 15) is 9.59 Å². The zero-order chi connectivity index (χ0) is 21.1. The highest BCUT2D eigenvalue weighted by Crippen LogP contribution is 2.27. The van der Waals surface area contributed by atoms with Gasteiger partial charge in [-0.05, 0) is 29.7 Å². The Morgan fingerprint density at radius 1 is 0.933 bits per heavy atom. The van der Waals surface area contributed by atoms with Gasteiger partial charge in [-0.3, -0.25) is 14.5 Å². The van der Waals surface area contributed by atoms with Gasteiger partial charge in [0.15, 0.2) is 5.78 Å². The maximum absolute atomic E-state index is 13.5. The standard InChI is InChI=1S/C23H24Cl2N2O3/c24-18-8-7-17(13-19(18)25)14-27-11-4-10-26-12-9-20(28)22(21(26)23(27)29)30-15-16-5-2-1-3-6-16/h1-3,5-8,13,21-22H,4,9-12,14-15H2. The van der Waals surface area contributed by atoms with Crippen molar-refractivity contribution in [2.75, 3.05) is 19.6 Å². The summed E-state index contributed by atoms with van der Waals surface area (Å²) < 4.78 is 6.03. The second kappa shape index (κ2) is 9.48. The van der Waals surface area contributed by atoms with Crippen LogP contribution in [0.3, 0.4) is 0 Å². The van der Waals surface area contributed by atoms with Crippen LogP contribution in [0, 0.1) is 0 Å². The van der Waals surface area contributed by atoms with E-state index in [-0.39, 0.29) is 11.7 Å². The van der Waals surface area contributed by atoms with E-state index in [2.05, 4.69) is 4.90 Å². The molecule has 2 saturated heterocycles. The van der Waals surface area contributed by atoms with Gasteiger partial charge in [0.05, 0.1) is 16.7 Å². The lowest BCUT2D eigenvalue weighted by atomic mass is 9.96. The van der Waals surface area contributed by atoms with Crippen LogP contribution in [-0.2, 0) is 27.5 Å². The van der Waals surface area contributed by atoms with E-state index in [0.29, 0.717) is 42.7 Å². The zero-order valence-corrected chi connectivity index (χ0v) is 18.1. The Morgan fingerprint density at radius 3 is 2.50 bits per heavy atom. The van der Waals surface area contributed by atoms with E-state index >= 15 is 0 Å². The van der Waals surface area contributed by atoms with Gasteiger partial charge in [-0.1, -0.05) is 59.6 Å². The number of piperidine rings is 1. The highest BCUT2D eigenvalue weighted by molar-refractivity contribution is 6.42. The quantitative estimate of drug-likeness (QED) is 0.697. The molecule has 0 aromatic heterocycles. The van der Waals surface area contributed by atoms with E-state index < -0.39 is 12.1 Å². The Morgan fingerprint density at radius 2 is 1.73 bits per heavy atom. The number of hydrogen-bond donors (Lipinski definition) is 0. The molecule has 2 fully saturated rings. The van der Waals surface area contributed by atoms with Gasteiger partial charge < -0.3 is 9.64 Å². The summed E-state index contributed by atoms with van der Waals surface area (Å²) in [4.78, 5) is 30.1. The van der Waals surface area contributed by atoms with E-state index in [4.69, 9.17) is 27.9 Å². The Hall–Kier alpha value is -1.92. The molecule has 2 aliphatic rings. The molecule has 2 heterocycles. The molecule has 2 atom stereocenters. The first-order chi connectivity index (χ1) is 14.5. The number of halogens is 2. The van der Waals surface area contributed by atoms with E-state index in [1.807, 2.05) is 41.3 Å². The lowest BCUT2D eigenvalue weighted by Gasteiger charge is -2.38. The fourth-order valence-electron chi connectivity index (χ4n) is 4.16. The van der Waals surface area contributed by atoms with Gasteiger partial charge in [-0.2, -0.15) is 0 Å². The Kier molecular flexibility index (Phi) is 6.74.